The van der Waals surface area contributed by atoms with E-state index in [0.717, 1.165) is 11.8 Å². The van der Waals surface area contributed by atoms with Crippen LogP contribution in [0, 0.1) is 6.92 Å². The quantitative estimate of drug-likeness (QED) is 0.640. The SMILES string of the molecule is COc1ccc(/C=C(\Sc2nnc(C)o2)C(=O)O)cc1OC. The molecule has 0 bridgehead atoms. The van der Waals surface area contributed by atoms with E-state index >= 15 is 0 Å². The first-order valence-corrected chi connectivity index (χ1v) is 7.00. The zero-order valence-corrected chi connectivity index (χ0v) is 13.0. The van der Waals surface area contributed by atoms with Crippen LogP contribution in [0.2, 0.25) is 0 Å². The number of thioether (sulfide) groups is 1. The lowest BCUT2D eigenvalue weighted by Crippen LogP contribution is -1.97. The average Bonchev–Trinajstić information content (AvgIpc) is 2.91. The maximum atomic E-state index is 11.4. The van der Waals surface area contributed by atoms with Gasteiger partial charge in [-0.2, -0.15) is 0 Å². The third kappa shape index (κ3) is 3.79. The summed E-state index contributed by atoms with van der Waals surface area (Å²) in [5, 5.41) is 16.9. The summed E-state index contributed by atoms with van der Waals surface area (Å²) in [6.07, 6.45) is 1.49. The van der Waals surface area contributed by atoms with E-state index in [-0.39, 0.29) is 10.1 Å². The van der Waals surface area contributed by atoms with Crippen LogP contribution >= 0.6 is 11.8 Å². The molecule has 116 valence electrons. The molecule has 0 amide bonds. The second-order valence-corrected chi connectivity index (χ2v) is 5.11. The summed E-state index contributed by atoms with van der Waals surface area (Å²) < 4.78 is 15.5. The molecule has 2 rings (SSSR count). The number of aromatic nitrogens is 2. The van der Waals surface area contributed by atoms with Crippen LogP contribution in [0.1, 0.15) is 11.5 Å². The Balaban J connectivity index is 2.31. The lowest BCUT2D eigenvalue weighted by atomic mass is 10.2. The number of carboxylic acid groups (broad SMARTS) is 1. The van der Waals surface area contributed by atoms with Crippen molar-refractivity contribution in [2.24, 2.45) is 0 Å². The van der Waals surface area contributed by atoms with Gasteiger partial charge in [-0.05, 0) is 35.5 Å². The van der Waals surface area contributed by atoms with Crippen LogP contribution < -0.4 is 9.47 Å². The first-order valence-electron chi connectivity index (χ1n) is 6.18. The normalized spacial score (nSPS) is 11.3. The molecule has 22 heavy (non-hydrogen) atoms. The van der Waals surface area contributed by atoms with Gasteiger partial charge in [0.05, 0.1) is 14.2 Å². The molecule has 2 aromatic rings. The lowest BCUT2D eigenvalue weighted by molar-refractivity contribution is -0.131. The largest absolute Gasteiger partial charge is 0.493 e. The van der Waals surface area contributed by atoms with Gasteiger partial charge in [-0.25, -0.2) is 4.79 Å². The second kappa shape index (κ2) is 6.99. The molecule has 0 aliphatic carbocycles. The summed E-state index contributed by atoms with van der Waals surface area (Å²) >= 11 is 0.885. The van der Waals surface area contributed by atoms with E-state index in [2.05, 4.69) is 10.2 Å². The molecule has 1 aromatic heterocycles. The summed E-state index contributed by atoms with van der Waals surface area (Å²) in [6, 6.07) is 5.11. The molecular weight excluding hydrogens is 308 g/mol. The summed E-state index contributed by atoms with van der Waals surface area (Å²) in [4.78, 5) is 11.4. The summed E-state index contributed by atoms with van der Waals surface area (Å²) in [7, 11) is 3.04. The smallest absolute Gasteiger partial charge is 0.342 e. The summed E-state index contributed by atoms with van der Waals surface area (Å²) in [6.45, 7) is 1.63. The average molecular weight is 322 g/mol. The van der Waals surface area contributed by atoms with Gasteiger partial charge < -0.3 is 19.0 Å². The fraction of sp³-hybridized carbons (Fsp3) is 0.214. The van der Waals surface area contributed by atoms with Gasteiger partial charge in [0, 0.05) is 6.92 Å². The number of benzene rings is 1. The number of aliphatic carboxylic acids is 1. The van der Waals surface area contributed by atoms with Gasteiger partial charge in [0.15, 0.2) is 11.5 Å². The van der Waals surface area contributed by atoms with Gasteiger partial charge in [0.25, 0.3) is 5.22 Å². The minimum absolute atomic E-state index is 0.0517. The Labute approximate surface area is 130 Å². The number of carboxylic acids is 1. The first kappa shape index (κ1) is 15.9. The van der Waals surface area contributed by atoms with Crippen LogP contribution in [0.5, 0.6) is 11.5 Å². The monoisotopic (exact) mass is 322 g/mol. The molecule has 0 fully saturated rings. The fourth-order valence-corrected chi connectivity index (χ4v) is 2.36. The van der Waals surface area contributed by atoms with Crippen LogP contribution in [-0.2, 0) is 4.79 Å². The highest BCUT2D eigenvalue weighted by Gasteiger charge is 2.15. The molecule has 1 N–H and O–H groups in total. The molecule has 0 atom stereocenters. The van der Waals surface area contributed by atoms with Crippen molar-refractivity contribution in [3.63, 3.8) is 0 Å². The molecule has 0 saturated heterocycles. The van der Waals surface area contributed by atoms with Crippen LogP contribution in [-0.4, -0.2) is 35.5 Å². The van der Waals surface area contributed by atoms with Crippen LogP contribution in [0.25, 0.3) is 6.08 Å². The maximum Gasteiger partial charge on any atom is 0.342 e. The van der Waals surface area contributed by atoms with Gasteiger partial charge >= 0.3 is 5.97 Å². The Bertz CT molecular complexity index is 711. The highest BCUT2D eigenvalue weighted by Crippen LogP contribution is 2.31. The zero-order valence-electron chi connectivity index (χ0n) is 12.2. The maximum absolute atomic E-state index is 11.4. The van der Waals surface area contributed by atoms with Crippen molar-refractivity contribution in [3.05, 3.63) is 34.6 Å². The van der Waals surface area contributed by atoms with E-state index in [9.17, 15) is 9.90 Å². The molecule has 1 heterocycles. The third-order valence-electron chi connectivity index (χ3n) is 2.62. The molecule has 8 heteroatoms. The Morgan fingerprint density at radius 3 is 2.55 bits per heavy atom. The molecule has 0 aliphatic heterocycles. The zero-order chi connectivity index (χ0) is 16.1. The molecular formula is C14H14N2O5S. The first-order chi connectivity index (χ1) is 10.5. The standard InChI is InChI=1S/C14H14N2O5S/c1-8-15-16-14(21-8)22-12(13(17)18)7-9-4-5-10(19-2)11(6-9)20-3/h4-7H,1-3H3,(H,17,18)/b12-7-. The molecule has 0 radical (unpaired) electrons. The van der Waals surface area contributed by atoms with Crippen molar-refractivity contribution in [1.82, 2.24) is 10.2 Å². The Kier molecular flexibility index (Phi) is 5.05. The molecule has 0 saturated carbocycles. The summed E-state index contributed by atoms with van der Waals surface area (Å²) in [5.74, 6) is 0.366. The summed E-state index contributed by atoms with van der Waals surface area (Å²) in [5.41, 5.74) is 0.652. The van der Waals surface area contributed by atoms with Crippen molar-refractivity contribution in [1.29, 1.82) is 0 Å². The van der Waals surface area contributed by atoms with Crippen molar-refractivity contribution < 1.29 is 23.8 Å². The van der Waals surface area contributed by atoms with E-state index in [1.807, 2.05) is 0 Å². The molecule has 0 aliphatic rings. The lowest BCUT2D eigenvalue weighted by Gasteiger charge is -2.08. The van der Waals surface area contributed by atoms with E-state index in [1.165, 1.54) is 20.3 Å². The van der Waals surface area contributed by atoms with Crippen molar-refractivity contribution in [2.45, 2.75) is 12.1 Å². The molecule has 0 spiro atoms. The second-order valence-electron chi connectivity index (χ2n) is 4.12. The Morgan fingerprint density at radius 1 is 1.27 bits per heavy atom. The number of nitrogens with zero attached hydrogens (tertiary/aromatic N) is 2. The number of hydrogen-bond acceptors (Lipinski definition) is 7. The number of ether oxygens (including phenoxy) is 2. The minimum Gasteiger partial charge on any atom is -0.493 e. The highest BCUT2D eigenvalue weighted by molar-refractivity contribution is 8.03. The molecule has 1 aromatic carbocycles. The number of hydrogen-bond donors (Lipinski definition) is 1. The van der Waals surface area contributed by atoms with E-state index in [1.54, 1.807) is 25.1 Å². The fourth-order valence-electron chi connectivity index (χ4n) is 1.64. The Morgan fingerprint density at radius 2 is 2.00 bits per heavy atom. The number of rotatable bonds is 6. The topological polar surface area (TPSA) is 94.7 Å². The van der Waals surface area contributed by atoms with E-state index < -0.39 is 5.97 Å². The van der Waals surface area contributed by atoms with Crippen molar-refractivity contribution >= 4 is 23.8 Å². The molecule has 0 unspecified atom stereocenters. The molecule has 7 nitrogen and oxygen atoms in total. The van der Waals surface area contributed by atoms with Crippen molar-refractivity contribution in [3.8, 4) is 11.5 Å². The van der Waals surface area contributed by atoms with Gasteiger partial charge in [-0.1, -0.05) is 6.07 Å². The van der Waals surface area contributed by atoms with E-state index in [4.69, 9.17) is 13.9 Å². The van der Waals surface area contributed by atoms with Crippen molar-refractivity contribution in [2.75, 3.05) is 14.2 Å². The van der Waals surface area contributed by atoms with Gasteiger partial charge in [-0.15, -0.1) is 10.2 Å². The van der Waals surface area contributed by atoms with Crippen LogP contribution in [0.4, 0.5) is 0 Å². The van der Waals surface area contributed by atoms with E-state index in [0.29, 0.717) is 23.0 Å². The number of aryl methyl sites for hydroxylation is 1. The Hall–Kier alpha value is -2.48. The minimum atomic E-state index is -1.09. The number of carbonyl (C=O) groups is 1. The van der Waals surface area contributed by atoms with Gasteiger partial charge in [-0.3, -0.25) is 0 Å². The van der Waals surface area contributed by atoms with Gasteiger partial charge in [0.2, 0.25) is 5.89 Å². The predicted octanol–water partition coefficient (Wildman–Crippen LogP) is 2.61. The van der Waals surface area contributed by atoms with Crippen LogP contribution in [0.3, 0.4) is 0 Å². The van der Waals surface area contributed by atoms with Gasteiger partial charge in [0.1, 0.15) is 4.91 Å². The predicted molar refractivity (Wildman–Crippen MR) is 80.1 cm³/mol. The highest BCUT2D eigenvalue weighted by atomic mass is 32.2. The third-order valence-corrected chi connectivity index (χ3v) is 3.47. The number of methoxy groups -OCH3 is 2. The van der Waals surface area contributed by atoms with Crippen LogP contribution in [0.15, 0.2) is 32.7 Å².